The standard InChI is InChI=1S/C28H37N3O3/c1-2-24(32)14-7-4-8-15-25(30-27(33)21-22-11-5-3-6-12-22)28(34)29-18-20-31-19-17-23-13-9-10-16-26(23)31/h3,5-6,9-13,16,25H,2,4,7-8,14-15,17-21H2,1H3,(H,29,34)(H,30,33)/t25-/m0/s1. The third-order valence-corrected chi connectivity index (χ3v) is 6.37. The van der Waals surface area contributed by atoms with E-state index in [0.717, 1.165) is 44.3 Å². The summed E-state index contributed by atoms with van der Waals surface area (Å²) in [5.74, 6) is -0.0200. The summed E-state index contributed by atoms with van der Waals surface area (Å²) < 4.78 is 0. The number of carbonyl (C=O) groups excluding carboxylic acids is 3. The van der Waals surface area contributed by atoms with Crippen LogP contribution >= 0.6 is 0 Å². The summed E-state index contributed by atoms with van der Waals surface area (Å²) in [6.45, 7) is 4.12. The van der Waals surface area contributed by atoms with Crippen LogP contribution in [0.2, 0.25) is 0 Å². The van der Waals surface area contributed by atoms with Crippen LogP contribution < -0.4 is 15.5 Å². The van der Waals surface area contributed by atoms with Gasteiger partial charge in [0.2, 0.25) is 11.8 Å². The van der Waals surface area contributed by atoms with Gasteiger partial charge < -0.3 is 15.5 Å². The number of hydrogen-bond donors (Lipinski definition) is 2. The first-order valence-corrected chi connectivity index (χ1v) is 12.5. The molecule has 2 N–H and O–H groups in total. The molecule has 1 aliphatic heterocycles. The van der Waals surface area contributed by atoms with E-state index in [1.807, 2.05) is 43.3 Å². The molecule has 0 bridgehead atoms. The lowest BCUT2D eigenvalue weighted by molar-refractivity contribution is -0.128. The van der Waals surface area contributed by atoms with Crippen LogP contribution in [0.5, 0.6) is 0 Å². The van der Waals surface area contributed by atoms with Crippen LogP contribution in [0.25, 0.3) is 0 Å². The number of nitrogens with zero attached hydrogens (tertiary/aromatic N) is 1. The van der Waals surface area contributed by atoms with Crippen molar-refractivity contribution in [3.63, 3.8) is 0 Å². The van der Waals surface area contributed by atoms with Crippen LogP contribution in [-0.4, -0.2) is 43.3 Å². The zero-order valence-electron chi connectivity index (χ0n) is 20.2. The molecule has 0 fully saturated rings. The molecule has 0 aromatic heterocycles. The highest BCUT2D eigenvalue weighted by Gasteiger charge is 2.22. The lowest BCUT2D eigenvalue weighted by Gasteiger charge is -2.22. The van der Waals surface area contributed by atoms with Crippen molar-refractivity contribution < 1.29 is 14.4 Å². The van der Waals surface area contributed by atoms with Gasteiger partial charge in [-0.15, -0.1) is 0 Å². The van der Waals surface area contributed by atoms with Gasteiger partial charge in [-0.1, -0.05) is 68.3 Å². The number of unbranched alkanes of at least 4 members (excludes halogenated alkanes) is 2. The molecule has 0 radical (unpaired) electrons. The minimum Gasteiger partial charge on any atom is -0.369 e. The third kappa shape index (κ3) is 8.01. The Kier molecular flexibility index (Phi) is 10.1. The zero-order valence-corrected chi connectivity index (χ0v) is 20.2. The summed E-state index contributed by atoms with van der Waals surface area (Å²) in [4.78, 5) is 39.4. The number of para-hydroxylation sites is 1. The second kappa shape index (κ2) is 13.5. The fourth-order valence-electron chi connectivity index (χ4n) is 4.40. The first kappa shape index (κ1) is 25.5. The van der Waals surface area contributed by atoms with E-state index in [9.17, 15) is 14.4 Å². The van der Waals surface area contributed by atoms with Crippen LogP contribution in [0.15, 0.2) is 54.6 Å². The first-order valence-electron chi connectivity index (χ1n) is 12.5. The Morgan fingerprint density at radius 3 is 2.53 bits per heavy atom. The number of anilines is 1. The van der Waals surface area contributed by atoms with E-state index in [1.54, 1.807) is 0 Å². The summed E-state index contributed by atoms with van der Waals surface area (Å²) in [5.41, 5.74) is 3.51. The Balaban J connectivity index is 1.49. The van der Waals surface area contributed by atoms with Crippen LogP contribution in [0.4, 0.5) is 5.69 Å². The van der Waals surface area contributed by atoms with Gasteiger partial charge in [0.15, 0.2) is 0 Å². The molecule has 6 nitrogen and oxygen atoms in total. The molecule has 2 aromatic carbocycles. The number of fused-ring (bicyclic) bond motifs is 1. The SMILES string of the molecule is CCC(=O)CCCCC[C@H](NC(=O)Cc1ccccc1)C(=O)NCCN1CCc2ccccc21. The molecular weight excluding hydrogens is 426 g/mol. The van der Waals surface area contributed by atoms with E-state index < -0.39 is 6.04 Å². The molecule has 1 heterocycles. The molecule has 0 unspecified atom stereocenters. The maximum Gasteiger partial charge on any atom is 0.242 e. The smallest absolute Gasteiger partial charge is 0.242 e. The molecule has 2 amide bonds. The minimum atomic E-state index is -0.566. The predicted molar refractivity (Wildman–Crippen MR) is 136 cm³/mol. The van der Waals surface area contributed by atoms with Gasteiger partial charge in [-0.2, -0.15) is 0 Å². The topological polar surface area (TPSA) is 78.5 Å². The van der Waals surface area contributed by atoms with E-state index in [0.29, 0.717) is 25.8 Å². The number of carbonyl (C=O) groups is 3. The zero-order chi connectivity index (χ0) is 24.2. The maximum absolute atomic E-state index is 13.0. The van der Waals surface area contributed by atoms with Crippen LogP contribution in [0.3, 0.4) is 0 Å². The van der Waals surface area contributed by atoms with Gasteiger partial charge in [0.1, 0.15) is 11.8 Å². The second-order valence-corrected chi connectivity index (χ2v) is 8.93. The van der Waals surface area contributed by atoms with Crippen molar-refractivity contribution in [1.82, 2.24) is 10.6 Å². The molecule has 1 aliphatic rings. The molecule has 0 spiro atoms. The number of rotatable bonds is 14. The predicted octanol–water partition coefficient (Wildman–Crippen LogP) is 3.82. The largest absolute Gasteiger partial charge is 0.369 e. The van der Waals surface area contributed by atoms with Crippen molar-refractivity contribution in [3.05, 3.63) is 65.7 Å². The molecule has 1 atom stereocenters. The van der Waals surface area contributed by atoms with Crippen molar-refractivity contribution in [2.45, 2.75) is 64.3 Å². The number of Topliss-reactive ketones (excluding diaryl/α,β-unsaturated/α-hetero) is 1. The van der Waals surface area contributed by atoms with Crippen molar-refractivity contribution in [3.8, 4) is 0 Å². The Morgan fingerprint density at radius 1 is 0.971 bits per heavy atom. The van der Waals surface area contributed by atoms with Gasteiger partial charge in [-0.3, -0.25) is 14.4 Å². The number of amides is 2. The highest BCUT2D eigenvalue weighted by atomic mass is 16.2. The van der Waals surface area contributed by atoms with Crippen molar-refractivity contribution in [2.24, 2.45) is 0 Å². The monoisotopic (exact) mass is 463 g/mol. The molecule has 182 valence electrons. The number of ketones is 1. The number of benzene rings is 2. The Bertz CT molecular complexity index is 945. The summed E-state index contributed by atoms with van der Waals surface area (Å²) in [5, 5.41) is 5.97. The van der Waals surface area contributed by atoms with E-state index >= 15 is 0 Å². The molecule has 3 rings (SSSR count). The first-order chi connectivity index (χ1) is 16.6. The summed E-state index contributed by atoms with van der Waals surface area (Å²) in [7, 11) is 0. The summed E-state index contributed by atoms with van der Waals surface area (Å²) in [6, 6.07) is 17.4. The molecule has 2 aromatic rings. The van der Waals surface area contributed by atoms with Gasteiger partial charge in [0.05, 0.1) is 6.42 Å². The molecule has 6 heteroatoms. The summed E-state index contributed by atoms with van der Waals surface area (Å²) >= 11 is 0. The van der Waals surface area contributed by atoms with Crippen LogP contribution in [0.1, 0.15) is 56.6 Å². The molecule has 34 heavy (non-hydrogen) atoms. The Labute approximate surface area is 203 Å². The van der Waals surface area contributed by atoms with Gasteiger partial charge in [-0.25, -0.2) is 0 Å². The van der Waals surface area contributed by atoms with Gasteiger partial charge in [0.25, 0.3) is 0 Å². The van der Waals surface area contributed by atoms with Gasteiger partial charge in [-0.05, 0) is 36.5 Å². The summed E-state index contributed by atoms with van der Waals surface area (Å²) in [6.07, 6.45) is 5.50. The Morgan fingerprint density at radius 2 is 1.74 bits per heavy atom. The normalized spacial score (nSPS) is 13.3. The maximum atomic E-state index is 13.0. The second-order valence-electron chi connectivity index (χ2n) is 8.93. The minimum absolute atomic E-state index is 0.140. The number of hydrogen-bond acceptors (Lipinski definition) is 4. The van der Waals surface area contributed by atoms with Crippen LogP contribution in [0, 0.1) is 0 Å². The average Bonchev–Trinajstić information content (AvgIpc) is 3.26. The fraction of sp³-hybridized carbons (Fsp3) is 0.464. The van der Waals surface area contributed by atoms with E-state index in [4.69, 9.17) is 0 Å². The number of nitrogens with one attached hydrogen (secondary N) is 2. The van der Waals surface area contributed by atoms with E-state index in [1.165, 1.54) is 11.3 Å². The van der Waals surface area contributed by atoms with Crippen molar-refractivity contribution in [1.29, 1.82) is 0 Å². The van der Waals surface area contributed by atoms with Crippen molar-refractivity contribution in [2.75, 3.05) is 24.5 Å². The lowest BCUT2D eigenvalue weighted by atomic mass is 10.0. The highest BCUT2D eigenvalue weighted by Crippen LogP contribution is 2.26. The highest BCUT2D eigenvalue weighted by molar-refractivity contribution is 5.88. The quantitative estimate of drug-likeness (QED) is 0.418. The molecular formula is C28H37N3O3. The lowest BCUT2D eigenvalue weighted by Crippen LogP contribution is -2.48. The van der Waals surface area contributed by atoms with Crippen molar-refractivity contribution >= 4 is 23.3 Å². The van der Waals surface area contributed by atoms with Crippen LogP contribution in [-0.2, 0) is 27.2 Å². The van der Waals surface area contributed by atoms with E-state index in [2.05, 4.69) is 33.7 Å². The van der Waals surface area contributed by atoms with Gasteiger partial charge in [0, 0.05) is 38.2 Å². The molecule has 0 saturated carbocycles. The Hall–Kier alpha value is -3.15. The third-order valence-electron chi connectivity index (χ3n) is 6.37. The van der Waals surface area contributed by atoms with E-state index in [-0.39, 0.29) is 24.0 Å². The molecule has 0 aliphatic carbocycles. The fourth-order valence-corrected chi connectivity index (χ4v) is 4.40. The average molecular weight is 464 g/mol. The van der Waals surface area contributed by atoms with Gasteiger partial charge >= 0.3 is 0 Å². The molecule has 0 saturated heterocycles.